The fraction of sp³-hybridized carbons (Fsp3) is 0.286. The molecule has 1 unspecified atom stereocenters. The molecule has 6 heteroatoms. The van der Waals surface area contributed by atoms with Crippen LogP contribution in [0.3, 0.4) is 0 Å². The molecule has 3 heterocycles. The van der Waals surface area contributed by atoms with Gasteiger partial charge in [0.15, 0.2) is 0 Å². The summed E-state index contributed by atoms with van der Waals surface area (Å²) < 4.78 is 1.93. The molecule has 0 spiro atoms. The van der Waals surface area contributed by atoms with Crippen molar-refractivity contribution in [2.45, 2.75) is 12.6 Å². The molecule has 0 saturated heterocycles. The molecule has 20 heavy (non-hydrogen) atoms. The van der Waals surface area contributed by atoms with Crippen LogP contribution in [-0.4, -0.2) is 40.9 Å². The molecule has 0 aromatic carbocycles. The first-order valence-corrected chi connectivity index (χ1v) is 7.29. The van der Waals surface area contributed by atoms with Crippen LogP contribution in [0.2, 0.25) is 0 Å². The molecule has 2 amide bonds. The lowest BCUT2D eigenvalue weighted by Gasteiger charge is -2.33. The van der Waals surface area contributed by atoms with Crippen LogP contribution in [0.25, 0.3) is 0 Å². The van der Waals surface area contributed by atoms with Crippen molar-refractivity contribution < 1.29 is 9.59 Å². The van der Waals surface area contributed by atoms with Gasteiger partial charge >= 0.3 is 0 Å². The smallest absolute Gasteiger partial charge is 0.270 e. The van der Waals surface area contributed by atoms with E-state index in [1.807, 2.05) is 34.3 Å². The zero-order valence-electron chi connectivity index (χ0n) is 11.1. The Balaban J connectivity index is 1.67. The highest BCUT2D eigenvalue weighted by Gasteiger charge is 2.29. The number of rotatable bonds is 3. The molecule has 0 fully saturated rings. The molecule has 104 valence electrons. The fourth-order valence-corrected chi connectivity index (χ4v) is 3.01. The van der Waals surface area contributed by atoms with E-state index in [9.17, 15) is 9.59 Å². The molecule has 2 aromatic rings. The zero-order valence-corrected chi connectivity index (χ0v) is 11.9. The summed E-state index contributed by atoms with van der Waals surface area (Å²) in [4.78, 5) is 26.5. The van der Waals surface area contributed by atoms with Crippen LogP contribution in [-0.2, 0) is 6.54 Å². The van der Waals surface area contributed by atoms with Crippen molar-refractivity contribution in [3.63, 3.8) is 0 Å². The second kappa shape index (κ2) is 5.13. The number of nitrogens with zero attached hydrogens (tertiary/aromatic N) is 2. The van der Waals surface area contributed by atoms with E-state index in [0.29, 0.717) is 23.7 Å². The Hall–Kier alpha value is -2.08. The number of nitrogens with one attached hydrogen (secondary N) is 1. The van der Waals surface area contributed by atoms with Crippen molar-refractivity contribution in [1.82, 2.24) is 14.8 Å². The van der Waals surface area contributed by atoms with Gasteiger partial charge in [-0.2, -0.15) is 0 Å². The highest BCUT2D eigenvalue weighted by atomic mass is 32.1. The number of amides is 2. The van der Waals surface area contributed by atoms with Crippen molar-refractivity contribution in [3.05, 3.63) is 46.4 Å². The summed E-state index contributed by atoms with van der Waals surface area (Å²) >= 11 is 1.41. The van der Waals surface area contributed by atoms with E-state index < -0.39 is 0 Å². The molecular formula is C14H15N3O2S. The summed E-state index contributed by atoms with van der Waals surface area (Å²) in [5.41, 5.74) is 0.702. The van der Waals surface area contributed by atoms with Crippen LogP contribution < -0.4 is 5.32 Å². The minimum atomic E-state index is -0.0841. The Labute approximate surface area is 120 Å². The van der Waals surface area contributed by atoms with Crippen molar-refractivity contribution in [1.29, 1.82) is 0 Å². The van der Waals surface area contributed by atoms with Crippen molar-refractivity contribution >= 4 is 23.2 Å². The van der Waals surface area contributed by atoms with Gasteiger partial charge in [-0.25, -0.2) is 0 Å². The average Bonchev–Trinajstić information content (AvgIpc) is 3.11. The first kappa shape index (κ1) is 12.9. The van der Waals surface area contributed by atoms with Crippen molar-refractivity contribution in [2.24, 2.45) is 0 Å². The fourth-order valence-electron chi connectivity index (χ4n) is 2.37. The minimum Gasteiger partial charge on any atom is -0.349 e. The summed E-state index contributed by atoms with van der Waals surface area (Å²) in [5.74, 6) is -0.0872. The number of carbonyl (C=O) groups is 2. The van der Waals surface area contributed by atoms with E-state index >= 15 is 0 Å². The van der Waals surface area contributed by atoms with Gasteiger partial charge in [-0.3, -0.25) is 9.59 Å². The molecule has 1 N–H and O–H groups in total. The molecule has 0 aliphatic carbocycles. The quantitative estimate of drug-likeness (QED) is 0.929. The predicted molar refractivity (Wildman–Crippen MR) is 77.0 cm³/mol. The van der Waals surface area contributed by atoms with Gasteiger partial charge in [0.1, 0.15) is 5.69 Å². The van der Waals surface area contributed by atoms with E-state index in [2.05, 4.69) is 5.32 Å². The SMILES string of the molecule is CN1C(=O)c2cccn2CC1CNC(=O)c1cccs1. The van der Waals surface area contributed by atoms with Crippen LogP contribution in [0.1, 0.15) is 20.2 Å². The molecule has 2 aromatic heterocycles. The number of aromatic nitrogens is 1. The molecule has 5 nitrogen and oxygen atoms in total. The zero-order chi connectivity index (χ0) is 14.1. The van der Waals surface area contributed by atoms with Gasteiger partial charge in [0.2, 0.25) is 0 Å². The van der Waals surface area contributed by atoms with Crippen LogP contribution in [0.4, 0.5) is 0 Å². The third-order valence-corrected chi connectivity index (χ3v) is 4.44. The van der Waals surface area contributed by atoms with Gasteiger partial charge in [0.25, 0.3) is 11.8 Å². The number of likely N-dealkylation sites (N-methyl/N-ethyl adjacent to an activating group) is 1. The van der Waals surface area contributed by atoms with Crippen LogP contribution >= 0.6 is 11.3 Å². The van der Waals surface area contributed by atoms with E-state index in [1.165, 1.54) is 11.3 Å². The molecule has 0 radical (unpaired) electrons. The first-order valence-electron chi connectivity index (χ1n) is 6.41. The maximum Gasteiger partial charge on any atom is 0.270 e. The van der Waals surface area contributed by atoms with Crippen molar-refractivity contribution in [2.75, 3.05) is 13.6 Å². The summed E-state index contributed by atoms with van der Waals surface area (Å²) in [6.07, 6.45) is 1.90. The van der Waals surface area contributed by atoms with Crippen LogP contribution in [0.15, 0.2) is 35.8 Å². The van der Waals surface area contributed by atoms with E-state index in [-0.39, 0.29) is 17.9 Å². The highest BCUT2D eigenvalue weighted by molar-refractivity contribution is 7.12. The highest BCUT2D eigenvalue weighted by Crippen LogP contribution is 2.16. The second-order valence-electron chi connectivity index (χ2n) is 4.80. The Morgan fingerprint density at radius 1 is 1.45 bits per heavy atom. The van der Waals surface area contributed by atoms with E-state index in [1.54, 1.807) is 18.0 Å². The monoisotopic (exact) mass is 289 g/mol. The largest absolute Gasteiger partial charge is 0.349 e. The summed E-state index contributed by atoms with van der Waals surface area (Å²) in [5, 5.41) is 4.77. The van der Waals surface area contributed by atoms with Gasteiger partial charge in [0, 0.05) is 26.3 Å². The number of carbonyl (C=O) groups excluding carboxylic acids is 2. The predicted octanol–water partition coefficient (Wildman–Crippen LogP) is 1.43. The third kappa shape index (κ3) is 2.22. The number of fused-ring (bicyclic) bond motifs is 1. The number of hydrogen-bond donors (Lipinski definition) is 1. The third-order valence-electron chi connectivity index (χ3n) is 3.57. The molecule has 1 aliphatic rings. The van der Waals surface area contributed by atoms with E-state index in [4.69, 9.17) is 0 Å². The standard InChI is InChI=1S/C14H15N3O2S/c1-16-10(8-15-13(18)12-5-3-7-20-12)9-17-6-2-4-11(17)14(16)19/h2-7,10H,8-9H2,1H3,(H,15,18). The minimum absolute atomic E-state index is 0.00313. The number of hydrogen-bond acceptors (Lipinski definition) is 3. The lowest BCUT2D eigenvalue weighted by Crippen LogP contribution is -2.50. The van der Waals surface area contributed by atoms with Crippen molar-refractivity contribution in [3.8, 4) is 0 Å². The lowest BCUT2D eigenvalue weighted by atomic mass is 10.1. The van der Waals surface area contributed by atoms with Crippen LogP contribution in [0, 0.1) is 0 Å². The molecule has 1 atom stereocenters. The summed E-state index contributed by atoms with van der Waals surface area (Å²) in [6, 6.07) is 7.31. The molecule has 0 saturated carbocycles. The van der Waals surface area contributed by atoms with Gasteiger partial charge in [-0.1, -0.05) is 6.07 Å². The van der Waals surface area contributed by atoms with Crippen LogP contribution in [0.5, 0.6) is 0 Å². The summed E-state index contributed by atoms with van der Waals surface area (Å²) in [7, 11) is 1.78. The maximum absolute atomic E-state index is 12.2. The molecule has 0 bridgehead atoms. The average molecular weight is 289 g/mol. The Morgan fingerprint density at radius 2 is 2.30 bits per heavy atom. The Morgan fingerprint density at radius 3 is 3.05 bits per heavy atom. The Bertz CT molecular complexity index is 633. The molecule has 1 aliphatic heterocycles. The first-order chi connectivity index (χ1) is 9.66. The maximum atomic E-state index is 12.2. The molecular weight excluding hydrogens is 274 g/mol. The lowest BCUT2D eigenvalue weighted by molar-refractivity contribution is 0.0645. The second-order valence-corrected chi connectivity index (χ2v) is 5.75. The number of thiophene rings is 1. The van der Waals surface area contributed by atoms with Gasteiger partial charge < -0.3 is 14.8 Å². The topological polar surface area (TPSA) is 54.3 Å². The van der Waals surface area contributed by atoms with Gasteiger partial charge in [0.05, 0.1) is 10.9 Å². The Kier molecular flexibility index (Phi) is 3.31. The summed E-state index contributed by atoms with van der Waals surface area (Å²) in [6.45, 7) is 1.16. The van der Waals surface area contributed by atoms with Gasteiger partial charge in [-0.05, 0) is 23.6 Å². The molecule has 3 rings (SSSR count). The van der Waals surface area contributed by atoms with E-state index in [0.717, 1.165) is 0 Å². The normalized spacial score (nSPS) is 17.9. The van der Waals surface area contributed by atoms with Gasteiger partial charge in [-0.15, -0.1) is 11.3 Å².